The van der Waals surface area contributed by atoms with Crippen LogP contribution in [0.4, 0.5) is 5.82 Å². The minimum atomic E-state index is -0.739. The third-order valence-electron chi connectivity index (χ3n) is 4.80. The van der Waals surface area contributed by atoms with Crippen LogP contribution in [-0.2, 0) is 4.79 Å². The molecule has 2 aliphatic rings. The van der Waals surface area contributed by atoms with Gasteiger partial charge in [0.2, 0.25) is 5.91 Å². The number of amides is 1. The van der Waals surface area contributed by atoms with Gasteiger partial charge >= 0.3 is 0 Å². The Morgan fingerprint density at radius 2 is 2.32 bits per heavy atom. The molecule has 22 heavy (non-hydrogen) atoms. The minimum Gasteiger partial charge on any atom is -0.392 e. The Labute approximate surface area is 129 Å². The molecule has 118 valence electrons. The van der Waals surface area contributed by atoms with E-state index in [2.05, 4.69) is 10.3 Å². The molecule has 3 heterocycles. The summed E-state index contributed by atoms with van der Waals surface area (Å²) in [7, 11) is 0. The number of pyridine rings is 1. The van der Waals surface area contributed by atoms with Crippen molar-refractivity contribution in [3.05, 3.63) is 23.9 Å². The van der Waals surface area contributed by atoms with Crippen LogP contribution in [0.15, 0.2) is 18.3 Å². The van der Waals surface area contributed by atoms with Crippen LogP contribution in [0.25, 0.3) is 0 Å². The number of anilines is 1. The lowest BCUT2D eigenvalue weighted by Gasteiger charge is -2.47. The van der Waals surface area contributed by atoms with Crippen LogP contribution in [0.1, 0.15) is 36.5 Å². The lowest BCUT2D eigenvalue weighted by Crippen LogP contribution is -2.61. The first-order valence-electron chi connectivity index (χ1n) is 7.71. The summed E-state index contributed by atoms with van der Waals surface area (Å²) in [5.41, 5.74) is -0.164. The van der Waals surface area contributed by atoms with E-state index in [-0.39, 0.29) is 11.7 Å². The van der Waals surface area contributed by atoms with Crippen LogP contribution in [0.5, 0.6) is 0 Å². The van der Waals surface area contributed by atoms with E-state index in [4.69, 9.17) is 0 Å². The molecule has 3 rings (SSSR count). The Bertz CT molecular complexity index is 587. The van der Waals surface area contributed by atoms with Gasteiger partial charge in [0.25, 0.3) is 0 Å². The SMILES string of the molecule is CC(=O)c1ccc(N2CC[C@H](O)[C@@]3(CCCNC3=O)C2)nc1. The zero-order valence-corrected chi connectivity index (χ0v) is 12.7. The van der Waals surface area contributed by atoms with Crippen molar-refractivity contribution >= 4 is 17.5 Å². The van der Waals surface area contributed by atoms with Crippen LogP contribution in [0, 0.1) is 5.41 Å². The van der Waals surface area contributed by atoms with E-state index < -0.39 is 11.5 Å². The van der Waals surface area contributed by atoms with Gasteiger partial charge in [0.15, 0.2) is 5.78 Å². The van der Waals surface area contributed by atoms with Crippen LogP contribution in [-0.4, -0.2) is 47.5 Å². The van der Waals surface area contributed by atoms with Gasteiger partial charge in [-0.1, -0.05) is 0 Å². The number of aliphatic hydroxyl groups excluding tert-OH is 1. The number of nitrogens with one attached hydrogen (secondary N) is 1. The summed E-state index contributed by atoms with van der Waals surface area (Å²) in [4.78, 5) is 30.0. The number of hydrogen-bond donors (Lipinski definition) is 2. The summed E-state index contributed by atoms with van der Waals surface area (Å²) >= 11 is 0. The summed E-state index contributed by atoms with van der Waals surface area (Å²) in [6, 6.07) is 3.56. The van der Waals surface area contributed by atoms with Crippen LogP contribution in [0.2, 0.25) is 0 Å². The number of aromatic nitrogens is 1. The maximum Gasteiger partial charge on any atom is 0.230 e. The molecule has 2 atom stereocenters. The molecule has 2 N–H and O–H groups in total. The van der Waals surface area contributed by atoms with E-state index >= 15 is 0 Å². The number of Topliss-reactive ketones (excluding diaryl/α,β-unsaturated/α-hetero) is 1. The van der Waals surface area contributed by atoms with Gasteiger partial charge in [0.05, 0.1) is 11.5 Å². The Kier molecular flexibility index (Phi) is 3.87. The number of aliphatic hydroxyl groups is 1. The first-order valence-corrected chi connectivity index (χ1v) is 7.71. The summed E-state index contributed by atoms with van der Waals surface area (Å²) in [5, 5.41) is 13.3. The second-order valence-corrected chi connectivity index (χ2v) is 6.20. The van der Waals surface area contributed by atoms with Crippen LogP contribution < -0.4 is 10.2 Å². The quantitative estimate of drug-likeness (QED) is 0.788. The molecule has 6 nitrogen and oxygen atoms in total. The molecule has 0 bridgehead atoms. The van der Waals surface area contributed by atoms with Crippen molar-refractivity contribution in [1.82, 2.24) is 10.3 Å². The smallest absolute Gasteiger partial charge is 0.230 e. The van der Waals surface area contributed by atoms with Crippen LogP contribution in [0.3, 0.4) is 0 Å². The topological polar surface area (TPSA) is 82.5 Å². The predicted octanol–water partition coefficient (Wildman–Crippen LogP) is 0.752. The summed E-state index contributed by atoms with van der Waals surface area (Å²) in [5.74, 6) is 0.669. The number of piperidine rings is 2. The van der Waals surface area contributed by atoms with Gasteiger partial charge in [-0.25, -0.2) is 4.98 Å². The number of carbonyl (C=O) groups is 2. The number of hydrogen-bond acceptors (Lipinski definition) is 5. The van der Waals surface area contributed by atoms with E-state index in [0.29, 0.717) is 38.0 Å². The molecule has 0 saturated carbocycles. The molecular formula is C16H21N3O3. The second kappa shape index (κ2) is 5.68. The van der Waals surface area contributed by atoms with Crippen LogP contribution >= 0.6 is 0 Å². The van der Waals surface area contributed by atoms with Crippen molar-refractivity contribution in [2.45, 2.75) is 32.3 Å². The molecule has 2 aliphatic heterocycles. The van der Waals surface area contributed by atoms with E-state index in [1.807, 2.05) is 11.0 Å². The molecule has 1 spiro atoms. The molecule has 0 aliphatic carbocycles. The van der Waals surface area contributed by atoms with Crippen molar-refractivity contribution in [2.24, 2.45) is 5.41 Å². The molecule has 0 unspecified atom stereocenters. The standard InChI is InChI=1S/C16H21N3O3/c1-11(20)12-3-4-14(18-9-12)19-8-5-13(21)16(10-19)6-2-7-17-15(16)22/h3-4,9,13,21H,2,5-8,10H2,1H3,(H,17,22)/t13-,16+/m0/s1. The lowest BCUT2D eigenvalue weighted by molar-refractivity contribution is -0.142. The van der Waals surface area contributed by atoms with Gasteiger partial charge in [0, 0.05) is 31.4 Å². The highest BCUT2D eigenvalue weighted by molar-refractivity contribution is 5.93. The zero-order chi connectivity index (χ0) is 15.7. The van der Waals surface area contributed by atoms with Crippen molar-refractivity contribution < 1.29 is 14.7 Å². The summed E-state index contributed by atoms with van der Waals surface area (Å²) < 4.78 is 0. The Hall–Kier alpha value is -1.95. The minimum absolute atomic E-state index is 0.0174. The highest BCUT2D eigenvalue weighted by Gasteiger charge is 2.50. The van der Waals surface area contributed by atoms with Gasteiger partial charge < -0.3 is 15.3 Å². The van der Waals surface area contributed by atoms with E-state index in [9.17, 15) is 14.7 Å². The number of rotatable bonds is 2. The molecule has 2 saturated heterocycles. The number of nitrogens with zero attached hydrogens (tertiary/aromatic N) is 2. The zero-order valence-electron chi connectivity index (χ0n) is 12.7. The predicted molar refractivity (Wildman–Crippen MR) is 81.8 cm³/mol. The largest absolute Gasteiger partial charge is 0.392 e. The fourth-order valence-electron chi connectivity index (χ4n) is 3.42. The molecule has 1 aromatic heterocycles. The highest BCUT2D eigenvalue weighted by Crippen LogP contribution is 2.38. The normalized spacial score (nSPS) is 28.5. The second-order valence-electron chi connectivity index (χ2n) is 6.20. The first kappa shape index (κ1) is 15.0. The third kappa shape index (κ3) is 2.47. The van der Waals surface area contributed by atoms with E-state index in [1.54, 1.807) is 12.3 Å². The van der Waals surface area contributed by atoms with Crippen molar-refractivity contribution in [3.8, 4) is 0 Å². The Balaban J connectivity index is 1.83. The number of carbonyl (C=O) groups excluding carboxylic acids is 2. The van der Waals surface area contributed by atoms with E-state index in [1.165, 1.54) is 6.92 Å². The Morgan fingerprint density at radius 1 is 1.50 bits per heavy atom. The van der Waals surface area contributed by atoms with Crippen molar-refractivity contribution in [1.29, 1.82) is 0 Å². The molecule has 0 radical (unpaired) electrons. The third-order valence-corrected chi connectivity index (χ3v) is 4.80. The first-order chi connectivity index (χ1) is 10.5. The summed E-state index contributed by atoms with van der Waals surface area (Å²) in [6.07, 6.45) is 3.08. The maximum atomic E-state index is 12.3. The fraction of sp³-hybridized carbons (Fsp3) is 0.562. The monoisotopic (exact) mass is 303 g/mol. The maximum absolute atomic E-state index is 12.3. The van der Waals surface area contributed by atoms with Gasteiger partial charge in [0.1, 0.15) is 5.82 Å². The molecule has 1 aromatic rings. The van der Waals surface area contributed by atoms with Gasteiger partial charge in [-0.15, -0.1) is 0 Å². The van der Waals surface area contributed by atoms with E-state index in [0.717, 1.165) is 12.2 Å². The average Bonchev–Trinajstić information content (AvgIpc) is 2.53. The molecule has 0 aromatic carbocycles. The average molecular weight is 303 g/mol. The molecule has 1 amide bonds. The van der Waals surface area contributed by atoms with Crippen molar-refractivity contribution in [3.63, 3.8) is 0 Å². The summed E-state index contributed by atoms with van der Waals surface area (Å²) in [6.45, 7) is 3.31. The van der Waals surface area contributed by atoms with Gasteiger partial charge in [-0.2, -0.15) is 0 Å². The fourth-order valence-corrected chi connectivity index (χ4v) is 3.42. The Morgan fingerprint density at radius 3 is 2.95 bits per heavy atom. The van der Waals surface area contributed by atoms with Crippen molar-refractivity contribution in [2.75, 3.05) is 24.5 Å². The number of ketones is 1. The van der Waals surface area contributed by atoms with Gasteiger partial charge in [-0.3, -0.25) is 9.59 Å². The highest BCUT2D eigenvalue weighted by atomic mass is 16.3. The molecular weight excluding hydrogens is 282 g/mol. The van der Waals surface area contributed by atoms with Gasteiger partial charge in [-0.05, 0) is 38.3 Å². The lowest BCUT2D eigenvalue weighted by atomic mass is 9.71. The molecule has 2 fully saturated rings. The molecule has 6 heteroatoms.